The topological polar surface area (TPSA) is 67.9 Å². The smallest absolute Gasteiger partial charge is 0.242 e. The van der Waals surface area contributed by atoms with Gasteiger partial charge in [0.25, 0.3) is 0 Å². The lowest BCUT2D eigenvalue weighted by atomic mass is 9.90. The van der Waals surface area contributed by atoms with Crippen molar-refractivity contribution in [1.82, 2.24) is 10.2 Å². The second kappa shape index (κ2) is 9.73. The predicted molar refractivity (Wildman–Crippen MR) is 121 cm³/mol. The molecule has 7 heteroatoms. The molecule has 0 radical (unpaired) electrons. The number of hydrogen-bond donors (Lipinski definition) is 1. The van der Waals surface area contributed by atoms with E-state index in [1.54, 1.807) is 25.6 Å². The SMILES string of the molecule is COc1cc2c(cc1OC)[C@@H](c1cccs1)N(C(=O)CNC(=O)CC1CCCC1)CC2. The van der Waals surface area contributed by atoms with Crippen LogP contribution in [0.4, 0.5) is 0 Å². The van der Waals surface area contributed by atoms with Gasteiger partial charge in [-0.3, -0.25) is 9.59 Å². The Morgan fingerprint density at radius 2 is 1.90 bits per heavy atom. The van der Waals surface area contributed by atoms with Gasteiger partial charge in [-0.25, -0.2) is 0 Å². The van der Waals surface area contributed by atoms with Crippen molar-refractivity contribution in [3.63, 3.8) is 0 Å². The Bertz CT molecular complexity index is 922. The fourth-order valence-electron chi connectivity index (χ4n) is 4.79. The number of rotatable bonds is 7. The normalized spacial score (nSPS) is 18.5. The zero-order chi connectivity index (χ0) is 21.8. The van der Waals surface area contributed by atoms with Gasteiger partial charge >= 0.3 is 0 Å². The molecule has 0 spiro atoms. The Hall–Kier alpha value is -2.54. The molecule has 2 aliphatic rings. The van der Waals surface area contributed by atoms with Crippen LogP contribution in [-0.2, 0) is 16.0 Å². The summed E-state index contributed by atoms with van der Waals surface area (Å²) >= 11 is 1.63. The number of thiophene rings is 1. The van der Waals surface area contributed by atoms with Gasteiger partial charge in [-0.15, -0.1) is 11.3 Å². The van der Waals surface area contributed by atoms with Gasteiger partial charge in [0.05, 0.1) is 26.8 Å². The van der Waals surface area contributed by atoms with Crippen LogP contribution < -0.4 is 14.8 Å². The minimum Gasteiger partial charge on any atom is -0.493 e. The third kappa shape index (κ3) is 4.71. The number of hydrogen-bond acceptors (Lipinski definition) is 5. The lowest BCUT2D eigenvalue weighted by Crippen LogP contribution is -2.45. The Morgan fingerprint density at radius 1 is 1.16 bits per heavy atom. The van der Waals surface area contributed by atoms with Crippen LogP contribution in [0, 0.1) is 5.92 Å². The Labute approximate surface area is 187 Å². The van der Waals surface area contributed by atoms with E-state index in [9.17, 15) is 9.59 Å². The molecular weight excluding hydrogens is 412 g/mol. The highest BCUT2D eigenvalue weighted by atomic mass is 32.1. The largest absolute Gasteiger partial charge is 0.493 e. The molecule has 1 aliphatic heterocycles. The summed E-state index contributed by atoms with van der Waals surface area (Å²) < 4.78 is 11.0. The minimum atomic E-state index is -0.192. The molecule has 1 saturated carbocycles. The van der Waals surface area contributed by atoms with Gasteiger partial charge in [-0.05, 0) is 59.9 Å². The maximum Gasteiger partial charge on any atom is 0.242 e. The van der Waals surface area contributed by atoms with Crippen LogP contribution in [0.25, 0.3) is 0 Å². The lowest BCUT2D eigenvalue weighted by molar-refractivity contribution is -0.134. The highest BCUT2D eigenvalue weighted by molar-refractivity contribution is 7.10. The van der Waals surface area contributed by atoms with E-state index in [1.807, 2.05) is 28.5 Å². The fourth-order valence-corrected chi connectivity index (χ4v) is 5.65. The van der Waals surface area contributed by atoms with Gasteiger partial charge in [-0.2, -0.15) is 0 Å². The van der Waals surface area contributed by atoms with Crippen LogP contribution in [0.15, 0.2) is 29.6 Å². The van der Waals surface area contributed by atoms with Crippen molar-refractivity contribution in [2.45, 2.75) is 44.6 Å². The van der Waals surface area contributed by atoms with Crippen LogP contribution in [0.5, 0.6) is 11.5 Å². The van der Waals surface area contributed by atoms with Gasteiger partial charge in [0.15, 0.2) is 11.5 Å². The number of amides is 2. The van der Waals surface area contributed by atoms with Gasteiger partial charge in [-0.1, -0.05) is 18.9 Å². The molecule has 4 rings (SSSR count). The third-order valence-electron chi connectivity index (χ3n) is 6.39. The molecular formula is C24H30N2O4S. The number of benzene rings is 1. The summed E-state index contributed by atoms with van der Waals surface area (Å²) in [6.45, 7) is 0.637. The van der Waals surface area contributed by atoms with E-state index >= 15 is 0 Å². The van der Waals surface area contributed by atoms with Crippen molar-refractivity contribution in [1.29, 1.82) is 0 Å². The Balaban J connectivity index is 1.53. The van der Waals surface area contributed by atoms with Crippen LogP contribution in [0.2, 0.25) is 0 Å². The second-order valence-electron chi connectivity index (χ2n) is 8.29. The summed E-state index contributed by atoms with van der Waals surface area (Å²) in [5.41, 5.74) is 2.21. The summed E-state index contributed by atoms with van der Waals surface area (Å²) in [6, 6.07) is 7.86. The molecule has 1 N–H and O–H groups in total. The molecule has 0 bridgehead atoms. The average molecular weight is 443 g/mol. The maximum atomic E-state index is 13.2. The molecule has 6 nitrogen and oxygen atoms in total. The molecule has 31 heavy (non-hydrogen) atoms. The molecule has 0 unspecified atom stereocenters. The van der Waals surface area contributed by atoms with Gasteiger partial charge in [0.2, 0.25) is 11.8 Å². The van der Waals surface area contributed by atoms with E-state index in [2.05, 4.69) is 11.4 Å². The van der Waals surface area contributed by atoms with Gasteiger partial charge in [0, 0.05) is 17.8 Å². The van der Waals surface area contributed by atoms with E-state index in [0.717, 1.165) is 35.3 Å². The van der Waals surface area contributed by atoms with E-state index in [0.29, 0.717) is 30.4 Å². The number of nitrogens with one attached hydrogen (secondary N) is 1. The van der Waals surface area contributed by atoms with Crippen molar-refractivity contribution in [3.8, 4) is 11.5 Å². The van der Waals surface area contributed by atoms with Crippen LogP contribution in [-0.4, -0.2) is 44.0 Å². The van der Waals surface area contributed by atoms with Gasteiger partial charge < -0.3 is 19.7 Å². The summed E-state index contributed by atoms with van der Waals surface area (Å²) in [5, 5.41) is 4.89. The van der Waals surface area contributed by atoms with Crippen molar-refractivity contribution < 1.29 is 19.1 Å². The molecule has 1 aromatic carbocycles. The highest BCUT2D eigenvalue weighted by Gasteiger charge is 2.34. The Morgan fingerprint density at radius 3 is 2.58 bits per heavy atom. The molecule has 2 heterocycles. The standard InChI is InChI=1S/C24H30N2O4S/c1-29-19-13-17-9-10-26(23(28)15-25-22(27)12-16-6-3-4-7-16)24(21-8-5-11-31-21)18(17)14-20(19)30-2/h5,8,11,13-14,16,24H,3-4,6-7,9-10,12,15H2,1-2H3,(H,25,27)/t24-/m0/s1. The molecule has 0 saturated heterocycles. The predicted octanol–water partition coefficient (Wildman–Crippen LogP) is 3.94. The monoisotopic (exact) mass is 442 g/mol. The number of ether oxygens (including phenoxy) is 2. The molecule has 1 aliphatic carbocycles. The first-order valence-corrected chi connectivity index (χ1v) is 11.8. The zero-order valence-corrected chi connectivity index (χ0v) is 19.0. The fraction of sp³-hybridized carbons (Fsp3) is 0.500. The van der Waals surface area contributed by atoms with Crippen LogP contribution >= 0.6 is 11.3 Å². The summed E-state index contributed by atoms with van der Waals surface area (Å²) in [5.74, 6) is 1.75. The molecule has 1 fully saturated rings. The first kappa shape index (κ1) is 21.7. The first-order valence-electron chi connectivity index (χ1n) is 10.9. The molecule has 1 aromatic heterocycles. The van der Waals surface area contributed by atoms with Crippen molar-refractivity contribution in [2.75, 3.05) is 27.3 Å². The third-order valence-corrected chi connectivity index (χ3v) is 7.32. The number of methoxy groups -OCH3 is 2. The zero-order valence-electron chi connectivity index (χ0n) is 18.2. The average Bonchev–Trinajstić information content (AvgIpc) is 3.50. The van der Waals surface area contributed by atoms with E-state index in [1.165, 1.54) is 12.8 Å². The van der Waals surface area contributed by atoms with Crippen LogP contribution in [0.3, 0.4) is 0 Å². The number of carbonyl (C=O) groups excluding carboxylic acids is 2. The molecule has 2 aromatic rings. The number of nitrogens with zero attached hydrogens (tertiary/aromatic N) is 1. The first-order chi connectivity index (χ1) is 15.1. The lowest BCUT2D eigenvalue weighted by Gasteiger charge is -2.37. The summed E-state index contributed by atoms with van der Waals surface area (Å²) in [4.78, 5) is 28.5. The second-order valence-corrected chi connectivity index (χ2v) is 9.27. The van der Waals surface area contributed by atoms with E-state index in [4.69, 9.17) is 9.47 Å². The summed E-state index contributed by atoms with van der Waals surface area (Å²) in [7, 11) is 3.25. The van der Waals surface area contributed by atoms with Crippen molar-refractivity contribution in [3.05, 3.63) is 45.6 Å². The Kier molecular flexibility index (Phi) is 6.80. The number of carbonyl (C=O) groups is 2. The quantitative estimate of drug-likeness (QED) is 0.705. The van der Waals surface area contributed by atoms with E-state index < -0.39 is 0 Å². The van der Waals surface area contributed by atoms with Crippen LogP contribution in [0.1, 0.15) is 54.1 Å². The maximum absolute atomic E-state index is 13.2. The van der Waals surface area contributed by atoms with Crippen molar-refractivity contribution in [2.24, 2.45) is 5.92 Å². The molecule has 166 valence electrons. The molecule has 2 amide bonds. The molecule has 1 atom stereocenters. The minimum absolute atomic E-state index is 0.0169. The van der Waals surface area contributed by atoms with Crippen molar-refractivity contribution >= 4 is 23.2 Å². The summed E-state index contributed by atoms with van der Waals surface area (Å²) in [6.07, 6.45) is 5.93. The highest BCUT2D eigenvalue weighted by Crippen LogP contribution is 2.42. The van der Waals surface area contributed by atoms with E-state index in [-0.39, 0.29) is 24.4 Å². The number of fused-ring (bicyclic) bond motifs is 1. The van der Waals surface area contributed by atoms with Gasteiger partial charge in [0.1, 0.15) is 0 Å².